The molecule has 0 spiro atoms. The summed E-state index contributed by atoms with van der Waals surface area (Å²) in [4.78, 5) is 0. The third kappa shape index (κ3) is 7.93. The van der Waals surface area contributed by atoms with Gasteiger partial charge in [0.1, 0.15) is 0 Å². The van der Waals surface area contributed by atoms with Gasteiger partial charge >= 0.3 is 6.18 Å². The first-order valence-electron chi connectivity index (χ1n) is 5.58. The van der Waals surface area contributed by atoms with Crippen LogP contribution in [0.3, 0.4) is 0 Å². The van der Waals surface area contributed by atoms with Gasteiger partial charge in [0.2, 0.25) is 0 Å². The Hall–Kier alpha value is -0.290. The highest BCUT2D eigenvalue weighted by molar-refractivity contribution is 4.78. The van der Waals surface area contributed by atoms with Crippen LogP contribution in [-0.2, 0) is 0 Å². The molecule has 0 aromatic heterocycles. The fourth-order valence-corrected chi connectivity index (χ4v) is 1.34. The van der Waals surface area contributed by atoms with Gasteiger partial charge in [-0.3, -0.25) is 0 Å². The minimum atomic E-state index is -4.10. The first-order valence-corrected chi connectivity index (χ1v) is 5.58. The maximum atomic E-state index is 12.0. The molecule has 0 aromatic rings. The van der Waals surface area contributed by atoms with E-state index in [9.17, 15) is 13.2 Å². The molecule has 0 saturated carbocycles. The fourth-order valence-electron chi connectivity index (χ4n) is 1.34. The van der Waals surface area contributed by atoms with E-state index in [1.165, 1.54) is 6.92 Å². The van der Waals surface area contributed by atoms with Crippen molar-refractivity contribution in [3.05, 3.63) is 0 Å². The molecule has 0 heterocycles. The zero-order chi connectivity index (χ0) is 13.0. The zero-order valence-electron chi connectivity index (χ0n) is 10.5. The standard InChI is InChI=1S/C11H23F3N2/c1-8(7-11(12,13)14)16-6-5-9(15)10(2,3)4/h8-9,16H,5-7,15H2,1-4H3. The highest BCUT2D eigenvalue weighted by atomic mass is 19.4. The lowest BCUT2D eigenvalue weighted by Crippen LogP contribution is -2.40. The van der Waals surface area contributed by atoms with E-state index in [2.05, 4.69) is 5.32 Å². The zero-order valence-corrected chi connectivity index (χ0v) is 10.5. The molecule has 0 aliphatic rings. The third-order valence-corrected chi connectivity index (χ3v) is 2.60. The maximum absolute atomic E-state index is 12.0. The van der Waals surface area contributed by atoms with Crippen molar-refractivity contribution in [3.63, 3.8) is 0 Å². The van der Waals surface area contributed by atoms with Gasteiger partial charge in [-0.05, 0) is 25.3 Å². The van der Waals surface area contributed by atoms with Crippen LogP contribution < -0.4 is 11.1 Å². The molecule has 0 fully saturated rings. The van der Waals surface area contributed by atoms with Crippen molar-refractivity contribution in [3.8, 4) is 0 Å². The van der Waals surface area contributed by atoms with E-state index >= 15 is 0 Å². The number of rotatable bonds is 5. The molecule has 0 aromatic carbocycles. The number of nitrogens with one attached hydrogen (secondary N) is 1. The summed E-state index contributed by atoms with van der Waals surface area (Å²) in [6.45, 7) is 8.14. The first-order chi connectivity index (χ1) is 7.02. The Morgan fingerprint density at radius 3 is 2.06 bits per heavy atom. The van der Waals surface area contributed by atoms with E-state index < -0.39 is 18.6 Å². The Balaban J connectivity index is 3.75. The van der Waals surface area contributed by atoms with Gasteiger partial charge in [0, 0.05) is 12.1 Å². The van der Waals surface area contributed by atoms with Gasteiger partial charge in [-0.1, -0.05) is 20.8 Å². The number of hydrogen-bond acceptors (Lipinski definition) is 2. The molecular formula is C11H23F3N2. The largest absolute Gasteiger partial charge is 0.390 e. The highest BCUT2D eigenvalue weighted by Gasteiger charge is 2.29. The molecule has 0 aliphatic heterocycles. The summed E-state index contributed by atoms with van der Waals surface area (Å²) in [7, 11) is 0. The fraction of sp³-hybridized carbons (Fsp3) is 1.00. The van der Waals surface area contributed by atoms with Gasteiger partial charge in [0.25, 0.3) is 0 Å². The van der Waals surface area contributed by atoms with Crippen LogP contribution in [0.2, 0.25) is 0 Å². The molecule has 0 bridgehead atoms. The Morgan fingerprint density at radius 2 is 1.69 bits per heavy atom. The van der Waals surface area contributed by atoms with E-state index in [4.69, 9.17) is 5.73 Å². The van der Waals surface area contributed by atoms with Crippen LogP contribution in [0.1, 0.15) is 40.5 Å². The lowest BCUT2D eigenvalue weighted by atomic mass is 9.85. The minimum Gasteiger partial charge on any atom is -0.327 e. The molecule has 2 nitrogen and oxygen atoms in total. The molecule has 0 amide bonds. The van der Waals surface area contributed by atoms with E-state index in [0.29, 0.717) is 13.0 Å². The van der Waals surface area contributed by atoms with Crippen LogP contribution >= 0.6 is 0 Å². The van der Waals surface area contributed by atoms with E-state index in [1.807, 2.05) is 20.8 Å². The molecule has 5 heteroatoms. The monoisotopic (exact) mass is 240 g/mol. The van der Waals surface area contributed by atoms with Gasteiger partial charge in [-0.2, -0.15) is 13.2 Å². The SMILES string of the molecule is CC(CC(F)(F)F)NCCC(N)C(C)(C)C. The number of halogens is 3. The average molecular weight is 240 g/mol. The van der Waals surface area contributed by atoms with Crippen molar-refractivity contribution in [1.29, 1.82) is 0 Å². The van der Waals surface area contributed by atoms with Crippen LogP contribution in [0.25, 0.3) is 0 Å². The second-order valence-corrected chi connectivity index (χ2v) is 5.44. The summed E-state index contributed by atoms with van der Waals surface area (Å²) in [6.07, 6.45) is -4.21. The van der Waals surface area contributed by atoms with Crippen LogP contribution in [0.15, 0.2) is 0 Å². The second-order valence-electron chi connectivity index (χ2n) is 5.44. The van der Waals surface area contributed by atoms with Crippen LogP contribution in [0.4, 0.5) is 13.2 Å². The Morgan fingerprint density at radius 1 is 1.19 bits per heavy atom. The van der Waals surface area contributed by atoms with Gasteiger partial charge in [0.15, 0.2) is 0 Å². The number of hydrogen-bond donors (Lipinski definition) is 2. The first kappa shape index (κ1) is 15.7. The number of alkyl halides is 3. The molecule has 3 N–H and O–H groups in total. The maximum Gasteiger partial charge on any atom is 0.390 e. The van der Waals surface area contributed by atoms with Crippen molar-refractivity contribution in [2.24, 2.45) is 11.1 Å². The van der Waals surface area contributed by atoms with E-state index in [1.54, 1.807) is 0 Å². The molecule has 2 unspecified atom stereocenters. The van der Waals surface area contributed by atoms with Crippen molar-refractivity contribution in [2.45, 2.75) is 58.8 Å². The van der Waals surface area contributed by atoms with Crippen molar-refractivity contribution < 1.29 is 13.2 Å². The lowest BCUT2D eigenvalue weighted by Gasteiger charge is -2.27. The Bertz CT molecular complexity index is 196. The summed E-state index contributed by atoms with van der Waals surface area (Å²) < 4.78 is 36.0. The molecule has 98 valence electrons. The Labute approximate surface area is 95.8 Å². The van der Waals surface area contributed by atoms with Crippen LogP contribution in [0.5, 0.6) is 0 Å². The van der Waals surface area contributed by atoms with E-state index in [0.717, 1.165) is 0 Å². The molecule has 0 radical (unpaired) electrons. The van der Waals surface area contributed by atoms with Crippen molar-refractivity contribution >= 4 is 0 Å². The predicted octanol–water partition coefficient (Wildman–Crippen LogP) is 2.68. The van der Waals surface area contributed by atoms with E-state index in [-0.39, 0.29) is 11.5 Å². The molecule has 0 aliphatic carbocycles. The molecule has 0 saturated heterocycles. The van der Waals surface area contributed by atoms with Gasteiger partial charge < -0.3 is 11.1 Å². The summed E-state index contributed by atoms with van der Waals surface area (Å²) in [6, 6.07) is -0.551. The van der Waals surface area contributed by atoms with Crippen molar-refractivity contribution in [2.75, 3.05) is 6.54 Å². The molecule has 0 rings (SSSR count). The van der Waals surface area contributed by atoms with Gasteiger partial charge in [0.05, 0.1) is 6.42 Å². The summed E-state index contributed by atoms with van der Waals surface area (Å²) in [5.74, 6) is 0. The normalized spacial score (nSPS) is 17.2. The number of nitrogens with two attached hydrogens (primary N) is 1. The van der Waals surface area contributed by atoms with Gasteiger partial charge in [-0.25, -0.2) is 0 Å². The predicted molar refractivity (Wildman–Crippen MR) is 60.2 cm³/mol. The summed E-state index contributed by atoms with van der Waals surface area (Å²) >= 11 is 0. The van der Waals surface area contributed by atoms with Crippen LogP contribution in [-0.4, -0.2) is 24.8 Å². The topological polar surface area (TPSA) is 38.0 Å². The lowest BCUT2D eigenvalue weighted by molar-refractivity contribution is -0.139. The molecule has 2 atom stereocenters. The smallest absolute Gasteiger partial charge is 0.327 e. The second kappa shape index (κ2) is 5.87. The van der Waals surface area contributed by atoms with Crippen LogP contribution in [0, 0.1) is 5.41 Å². The molecular weight excluding hydrogens is 217 g/mol. The highest BCUT2D eigenvalue weighted by Crippen LogP contribution is 2.22. The van der Waals surface area contributed by atoms with Gasteiger partial charge in [-0.15, -0.1) is 0 Å². The third-order valence-electron chi connectivity index (χ3n) is 2.60. The average Bonchev–Trinajstić information content (AvgIpc) is 1.98. The quantitative estimate of drug-likeness (QED) is 0.775. The summed E-state index contributed by atoms with van der Waals surface area (Å²) in [5, 5.41) is 2.84. The van der Waals surface area contributed by atoms with Crippen molar-refractivity contribution in [1.82, 2.24) is 5.32 Å². The minimum absolute atomic E-state index is 0.00177. The Kier molecular flexibility index (Phi) is 5.76. The summed E-state index contributed by atoms with van der Waals surface area (Å²) in [5.41, 5.74) is 5.90. The molecule has 16 heavy (non-hydrogen) atoms.